The molecule has 0 aliphatic rings. The van der Waals surface area contributed by atoms with E-state index in [1.807, 2.05) is 30.5 Å². The first-order valence-electron chi connectivity index (χ1n) is 12.8. The van der Waals surface area contributed by atoms with E-state index in [4.69, 9.17) is 9.47 Å². The highest BCUT2D eigenvalue weighted by Crippen LogP contribution is 2.29. The number of benzene rings is 2. The van der Waals surface area contributed by atoms with Crippen LogP contribution in [0.3, 0.4) is 0 Å². The van der Waals surface area contributed by atoms with Gasteiger partial charge in [0.05, 0.1) is 18.8 Å². The molecule has 0 saturated carbocycles. The molecule has 0 atom stereocenters. The predicted molar refractivity (Wildman–Crippen MR) is 142 cm³/mol. The van der Waals surface area contributed by atoms with Crippen molar-refractivity contribution in [2.75, 3.05) is 46.5 Å². The van der Waals surface area contributed by atoms with Gasteiger partial charge in [-0.25, -0.2) is 4.79 Å². The van der Waals surface area contributed by atoms with E-state index >= 15 is 0 Å². The number of carbonyl (C=O) groups is 3. The van der Waals surface area contributed by atoms with Crippen LogP contribution < -0.4 is 5.32 Å². The van der Waals surface area contributed by atoms with Crippen LogP contribution in [-0.4, -0.2) is 79.2 Å². The van der Waals surface area contributed by atoms with E-state index in [0.29, 0.717) is 12.0 Å². The minimum atomic E-state index is -4.47. The summed E-state index contributed by atoms with van der Waals surface area (Å²) in [6, 6.07) is 11.7. The van der Waals surface area contributed by atoms with Gasteiger partial charge in [-0.1, -0.05) is 30.3 Å². The molecule has 0 unspecified atom stereocenters. The van der Waals surface area contributed by atoms with E-state index in [2.05, 4.69) is 10.3 Å². The smallest absolute Gasteiger partial charge is 0.416 e. The monoisotopic (exact) mass is 562 g/mol. The summed E-state index contributed by atoms with van der Waals surface area (Å²) in [4.78, 5) is 43.8. The zero-order valence-electron chi connectivity index (χ0n) is 22.4. The molecule has 3 aromatic rings. The van der Waals surface area contributed by atoms with Crippen molar-refractivity contribution >= 4 is 28.8 Å². The van der Waals surface area contributed by atoms with Gasteiger partial charge in [0.2, 0.25) is 5.91 Å². The summed E-state index contributed by atoms with van der Waals surface area (Å²) in [5, 5.41) is 3.44. The molecule has 0 spiro atoms. The Kier molecular flexibility index (Phi) is 10.9. The summed E-state index contributed by atoms with van der Waals surface area (Å²) in [6.45, 7) is 1.64. The second-order valence-corrected chi connectivity index (χ2v) is 9.00. The zero-order valence-corrected chi connectivity index (χ0v) is 22.4. The van der Waals surface area contributed by atoms with E-state index in [9.17, 15) is 27.6 Å². The first kappa shape index (κ1) is 30.5. The van der Waals surface area contributed by atoms with Gasteiger partial charge in [-0.2, -0.15) is 13.2 Å². The maximum atomic E-state index is 13.5. The Morgan fingerprint density at radius 2 is 1.73 bits per heavy atom. The number of urea groups is 1. The van der Waals surface area contributed by atoms with E-state index in [0.717, 1.165) is 28.6 Å². The molecule has 216 valence electrons. The number of fused-ring (bicyclic) bond motifs is 1. The van der Waals surface area contributed by atoms with Crippen molar-refractivity contribution in [1.82, 2.24) is 20.1 Å². The SMILES string of the molecule is CCOC(=O)CNC(=O)N(CCOC)CC(=O)N(CCc1c[nH]c2ccccc12)Cc1ccc(C(F)(F)F)cc1. The molecule has 3 amide bonds. The van der Waals surface area contributed by atoms with Crippen molar-refractivity contribution < 1.29 is 37.0 Å². The van der Waals surface area contributed by atoms with Crippen LogP contribution in [0.2, 0.25) is 0 Å². The topological polar surface area (TPSA) is 104 Å². The van der Waals surface area contributed by atoms with E-state index in [1.165, 1.54) is 29.0 Å². The zero-order chi connectivity index (χ0) is 29.1. The fourth-order valence-corrected chi connectivity index (χ4v) is 4.09. The Morgan fingerprint density at radius 1 is 1.00 bits per heavy atom. The van der Waals surface area contributed by atoms with Crippen molar-refractivity contribution in [1.29, 1.82) is 0 Å². The molecule has 0 bridgehead atoms. The van der Waals surface area contributed by atoms with E-state index in [-0.39, 0.29) is 45.9 Å². The summed E-state index contributed by atoms with van der Waals surface area (Å²) in [7, 11) is 1.45. The third-order valence-electron chi connectivity index (χ3n) is 6.20. The molecular weight excluding hydrogens is 529 g/mol. The molecule has 3 rings (SSSR count). The highest BCUT2D eigenvalue weighted by Gasteiger charge is 2.30. The lowest BCUT2D eigenvalue weighted by Gasteiger charge is -2.28. The van der Waals surface area contributed by atoms with Crippen LogP contribution >= 0.6 is 0 Å². The van der Waals surface area contributed by atoms with Crippen LogP contribution in [0, 0.1) is 0 Å². The Hall–Kier alpha value is -4.06. The number of hydrogen-bond acceptors (Lipinski definition) is 5. The lowest BCUT2D eigenvalue weighted by atomic mass is 10.1. The van der Waals surface area contributed by atoms with Crippen molar-refractivity contribution in [3.8, 4) is 0 Å². The van der Waals surface area contributed by atoms with Gasteiger partial charge in [-0.15, -0.1) is 0 Å². The minimum absolute atomic E-state index is 0.0435. The summed E-state index contributed by atoms with van der Waals surface area (Å²) < 4.78 is 49.0. The van der Waals surface area contributed by atoms with Gasteiger partial charge in [0, 0.05) is 43.8 Å². The van der Waals surface area contributed by atoms with Gasteiger partial charge in [0.1, 0.15) is 13.1 Å². The number of nitrogens with zero attached hydrogens (tertiary/aromatic N) is 2. The first-order chi connectivity index (χ1) is 19.1. The second-order valence-electron chi connectivity index (χ2n) is 9.00. The Morgan fingerprint density at radius 3 is 2.40 bits per heavy atom. The minimum Gasteiger partial charge on any atom is -0.465 e. The molecule has 0 radical (unpaired) electrons. The Bertz CT molecular complexity index is 1280. The summed E-state index contributed by atoms with van der Waals surface area (Å²) >= 11 is 0. The van der Waals surface area contributed by atoms with Gasteiger partial charge >= 0.3 is 18.2 Å². The molecule has 12 heteroatoms. The number of methoxy groups -OCH3 is 1. The fourth-order valence-electron chi connectivity index (χ4n) is 4.09. The number of esters is 1. The average molecular weight is 563 g/mol. The number of aromatic amines is 1. The van der Waals surface area contributed by atoms with Crippen LogP contribution in [0.25, 0.3) is 10.9 Å². The van der Waals surface area contributed by atoms with E-state index < -0.39 is 29.6 Å². The van der Waals surface area contributed by atoms with Crippen molar-refractivity contribution in [2.24, 2.45) is 0 Å². The number of halogens is 3. The van der Waals surface area contributed by atoms with Crippen LogP contribution in [0.15, 0.2) is 54.7 Å². The standard InChI is InChI=1S/C28H33F3N4O5/c1-3-40-26(37)17-33-27(38)35(14-15-39-2)19-25(36)34(18-20-8-10-22(11-9-20)28(29,30)31)13-12-21-16-32-24-7-5-4-6-23(21)24/h4-11,16,32H,3,12-15,17-19H2,1-2H3,(H,33,38). The maximum Gasteiger partial charge on any atom is 0.416 e. The molecule has 0 aliphatic heterocycles. The van der Waals surface area contributed by atoms with Crippen molar-refractivity contribution in [2.45, 2.75) is 26.1 Å². The first-order valence-corrected chi connectivity index (χ1v) is 12.8. The molecule has 40 heavy (non-hydrogen) atoms. The Labute approximate surface area is 230 Å². The van der Waals surface area contributed by atoms with Gasteiger partial charge in [-0.3, -0.25) is 9.59 Å². The van der Waals surface area contributed by atoms with Crippen LogP contribution in [0.4, 0.5) is 18.0 Å². The number of amides is 3. The normalized spacial score (nSPS) is 11.3. The molecule has 2 N–H and O–H groups in total. The second kappa shape index (κ2) is 14.4. The number of ether oxygens (including phenoxy) is 2. The molecule has 1 heterocycles. The van der Waals surface area contributed by atoms with Gasteiger partial charge < -0.3 is 29.6 Å². The number of alkyl halides is 3. The third kappa shape index (κ3) is 8.73. The number of aromatic nitrogens is 1. The summed E-state index contributed by atoms with van der Waals surface area (Å²) in [6.07, 6.45) is -2.13. The highest BCUT2D eigenvalue weighted by atomic mass is 19.4. The summed E-state index contributed by atoms with van der Waals surface area (Å²) in [5.74, 6) is -1.03. The van der Waals surface area contributed by atoms with Gasteiger partial charge in [0.15, 0.2) is 0 Å². The highest BCUT2D eigenvalue weighted by molar-refractivity contribution is 5.86. The van der Waals surface area contributed by atoms with Crippen molar-refractivity contribution in [3.05, 3.63) is 71.4 Å². The van der Waals surface area contributed by atoms with Gasteiger partial charge in [0.25, 0.3) is 0 Å². The number of rotatable bonds is 13. The van der Waals surface area contributed by atoms with Gasteiger partial charge in [-0.05, 0) is 42.7 Å². The lowest BCUT2D eigenvalue weighted by Crippen LogP contribution is -2.49. The van der Waals surface area contributed by atoms with Crippen LogP contribution in [0.1, 0.15) is 23.6 Å². The number of carbonyl (C=O) groups excluding carboxylic acids is 3. The Balaban J connectivity index is 1.77. The van der Waals surface area contributed by atoms with Crippen LogP contribution in [0.5, 0.6) is 0 Å². The number of H-pyrrole nitrogens is 1. The molecule has 0 aliphatic carbocycles. The number of para-hydroxylation sites is 1. The largest absolute Gasteiger partial charge is 0.465 e. The molecule has 2 aromatic carbocycles. The molecule has 0 saturated heterocycles. The fraction of sp³-hybridized carbons (Fsp3) is 0.393. The molecule has 9 nitrogen and oxygen atoms in total. The maximum absolute atomic E-state index is 13.5. The predicted octanol–water partition coefficient (Wildman–Crippen LogP) is 3.98. The van der Waals surface area contributed by atoms with Crippen LogP contribution in [-0.2, 0) is 38.2 Å². The molecule has 0 fully saturated rings. The lowest BCUT2D eigenvalue weighted by molar-refractivity contribution is -0.142. The van der Waals surface area contributed by atoms with Crippen molar-refractivity contribution in [3.63, 3.8) is 0 Å². The number of hydrogen-bond donors (Lipinski definition) is 2. The number of nitrogens with one attached hydrogen (secondary N) is 2. The molecular formula is C28H33F3N4O5. The third-order valence-corrected chi connectivity index (χ3v) is 6.20. The summed E-state index contributed by atoms with van der Waals surface area (Å²) in [5.41, 5.74) is 1.65. The quantitative estimate of drug-likeness (QED) is 0.307. The molecule has 1 aromatic heterocycles. The van der Waals surface area contributed by atoms with E-state index in [1.54, 1.807) is 6.92 Å². The average Bonchev–Trinajstić information content (AvgIpc) is 3.34.